The molecule has 0 amide bonds. The molecule has 72 valence electrons. The second-order valence-corrected chi connectivity index (χ2v) is 4.68. The van der Waals surface area contributed by atoms with E-state index in [2.05, 4.69) is 31.2 Å². The summed E-state index contributed by atoms with van der Waals surface area (Å²) in [6.07, 6.45) is 10.1. The third kappa shape index (κ3) is 1.80. The smallest absolute Gasteiger partial charge is 0.0512 e. The first-order chi connectivity index (χ1) is 6.77. The van der Waals surface area contributed by atoms with E-state index in [1.165, 1.54) is 9.75 Å². The van der Waals surface area contributed by atoms with Crippen LogP contribution in [0, 0.1) is 6.92 Å². The predicted molar refractivity (Wildman–Crippen MR) is 62.3 cm³/mol. The summed E-state index contributed by atoms with van der Waals surface area (Å²) in [7, 11) is 0. The molecule has 1 nitrogen and oxygen atoms in total. The van der Waals surface area contributed by atoms with Crippen LogP contribution in [0.5, 0.6) is 0 Å². The highest BCUT2D eigenvalue weighted by Gasteiger charge is 2.12. The molecule has 1 heterocycles. The van der Waals surface area contributed by atoms with E-state index in [-0.39, 0.29) is 5.92 Å². The molecular formula is C12H13NS. The summed E-state index contributed by atoms with van der Waals surface area (Å²) in [5.41, 5.74) is 6.90. The maximum absolute atomic E-state index is 5.99. The molecule has 0 fully saturated rings. The Morgan fingerprint density at radius 2 is 2.07 bits per heavy atom. The van der Waals surface area contributed by atoms with Gasteiger partial charge in [-0.2, -0.15) is 0 Å². The molecule has 0 bridgehead atoms. The third-order valence-electron chi connectivity index (χ3n) is 2.24. The maximum atomic E-state index is 5.99. The molecule has 1 aromatic heterocycles. The SMILES string of the molecule is Cc1ccc(C2C=CC=CC=C2N)s1. The van der Waals surface area contributed by atoms with Crippen molar-refractivity contribution >= 4 is 11.3 Å². The van der Waals surface area contributed by atoms with Crippen molar-refractivity contribution < 1.29 is 0 Å². The lowest BCUT2D eigenvalue weighted by Gasteiger charge is -2.09. The van der Waals surface area contributed by atoms with Gasteiger partial charge in [0.15, 0.2) is 0 Å². The lowest BCUT2D eigenvalue weighted by Crippen LogP contribution is -2.05. The first-order valence-corrected chi connectivity index (χ1v) is 5.46. The summed E-state index contributed by atoms with van der Waals surface area (Å²) in [4.78, 5) is 2.65. The zero-order chi connectivity index (χ0) is 9.97. The molecule has 1 aliphatic rings. The molecule has 2 heteroatoms. The largest absolute Gasteiger partial charge is 0.401 e. The van der Waals surface area contributed by atoms with Gasteiger partial charge in [-0.15, -0.1) is 11.3 Å². The highest BCUT2D eigenvalue weighted by atomic mass is 32.1. The predicted octanol–water partition coefficient (Wildman–Crippen LogP) is 3.11. The minimum absolute atomic E-state index is 0.253. The number of aryl methyl sites for hydroxylation is 1. The molecule has 2 rings (SSSR count). The van der Waals surface area contributed by atoms with Gasteiger partial charge in [-0.05, 0) is 25.1 Å². The number of hydrogen-bond acceptors (Lipinski definition) is 2. The van der Waals surface area contributed by atoms with E-state index >= 15 is 0 Å². The van der Waals surface area contributed by atoms with E-state index in [0.29, 0.717) is 0 Å². The van der Waals surface area contributed by atoms with Crippen molar-refractivity contribution in [2.24, 2.45) is 5.73 Å². The van der Waals surface area contributed by atoms with E-state index in [9.17, 15) is 0 Å². The second kappa shape index (κ2) is 3.84. The monoisotopic (exact) mass is 203 g/mol. The van der Waals surface area contributed by atoms with Crippen LogP contribution >= 0.6 is 11.3 Å². The lowest BCUT2D eigenvalue weighted by molar-refractivity contribution is 0.997. The fourth-order valence-corrected chi connectivity index (χ4v) is 2.49. The van der Waals surface area contributed by atoms with Gasteiger partial charge < -0.3 is 5.73 Å². The molecule has 1 unspecified atom stereocenters. The molecule has 1 aromatic rings. The normalized spacial score (nSPS) is 20.6. The number of nitrogens with two attached hydrogens (primary N) is 1. The topological polar surface area (TPSA) is 26.0 Å². The first-order valence-electron chi connectivity index (χ1n) is 4.64. The number of rotatable bonds is 1. The van der Waals surface area contributed by atoms with Crippen LogP contribution in [0.25, 0.3) is 0 Å². The molecule has 1 aliphatic carbocycles. The quantitative estimate of drug-likeness (QED) is 0.745. The van der Waals surface area contributed by atoms with Crippen LogP contribution in [0.15, 0.2) is 48.2 Å². The van der Waals surface area contributed by atoms with Crippen LogP contribution in [0.3, 0.4) is 0 Å². The first kappa shape index (κ1) is 9.28. The van der Waals surface area contributed by atoms with Gasteiger partial charge in [0, 0.05) is 15.5 Å². The molecule has 0 aliphatic heterocycles. The lowest BCUT2D eigenvalue weighted by atomic mass is 10.0. The Bertz CT molecular complexity index is 410. The Morgan fingerprint density at radius 3 is 2.79 bits per heavy atom. The van der Waals surface area contributed by atoms with E-state index in [4.69, 9.17) is 5.73 Å². The van der Waals surface area contributed by atoms with Crippen molar-refractivity contribution in [3.63, 3.8) is 0 Å². The number of hydrogen-bond donors (Lipinski definition) is 1. The van der Waals surface area contributed by atoms with Crippen molar-refractivity contribution in [1.82, 2.24) is 0 Å². The van der Waals surface area contributed by atoms with Crippen molar-refractivity contribution in [2.75, 3.05) is 0 Å². The van der Waals surface area contributed by atoms with Crippen LogP contribution in [0.4, 0.5) is 0 Å². The van der Waals surface area contributed by atoms with Gasteiger partial charge in [-0.1, -0.05) is 24.3 Å². The highest BCUT2D eigenvalue weighted by molar-refractivity contribution is 7.12. The van der Waals surface area contributed by atoms with Crippen molar-refractivity contribution in [1.29, 1.82) is 0 Å². The van der Waals surface area contributed by atoms with Gasteiger partial charge >= 0.3 is 0 Å². The molecule has 0 spiro atoms. The van der Waals surface area contributed by atoms with Crippen LogP contribution in [-0.4, -0.2) is 0 Å². The second-order valence-electron chi connectivity index (χ2n) is 3.36. The summed E-state index contributed by atoms with van der Waals surface area (Å²) in [5, 5.41) is 0. The van der Waals surface area contributed by atoms with Gasteiger partial charge in [0.2, 0.25) is 0 Å². The molecule has 0 saturated carbocycles. The average molecular weight is 203 g/mol. The van der Waals surface area contributed by atoms with Crippen molar-refractivity contribution in [3.8, 4) is 0 Å². The zero-order valence-corrected chi connectivity index (χ0v) is 8.92. The summed E-state index contributed by atoms with van der Waals surface area (Å²) in [6, 6.07) is 4.29. The van der Waals surface area contributed by atoms with E-state index in [0.717, 1.165) is 5.70 Å². The maximum Gasteiger partial charge on any atom is 0.0512 e. The highest BCUT2D eigenvalue weighted by Crippen LogP contribution is 2.30. The van der Waals surface area contributed by atoms with Gasteiger partial charge in [0.05, 0.1) is 5.92 Å². The van der Waals surface area contributed by atoms with E-state index in [1.54, 1.807) is 0 Å². The standard InChI is InChI=1S/C12H13NS/c1-9-7-8-12(14-9)10-5-3-2-4-6-11(10)13/h2-8,10H,13H2,1H3. The Labute approximate surface area is 88.3 Å². The van der Waals surface area contributed by atoms with E-state index < -0.39 is 0 Å². The summed E-state index contributed by atoms with van der Waals surface area (Å²) in [5.74, 6) is 0.253. The third-order valence-corrected chi connectivity index (χ3v) is 3.33. The van der Waals surface area contributed by atoms with Crippen molar-refractivity contribution in [2.45, 2.75) is 12.8 Å². The van der Waals surface area contributed by atoms with Crippen LogP contribution in [0.1, 0.15) is 15.7 Å². The van der Waals surface area contributed by atoms with Crippen LogP contribution in [0.2, 0.25) is 0 Å². The summed E-state index contributed by atoms with van der Waals surface area (Å²) >= 11 is 1.81. The fourth-order valence-electron chi connectivity index (χ4n) is 1.50. The average Bonchev–Trinajstić information content (AvgIpc) is 2.46. The number of allylic oxidation sites excluding steroid dienone is 5. The molecule has 0 aromatic carbocycles. The number of thiophene rings is 1. The summed E-state index contributed by atoms with van der Waals surface area (Å²) < 4.78 is 0. The van der Waals surface area contributed by atoms with Gasteiger partial charge in [0.25, 0.3) is 0 Å². The molecule has 0 saturated heterocycles. The van der Waals surface area contributed by atoms with Gasteiger partial charge in [0.1, 0.15) is 0 Å². The summed E-state index contributed by atoms with van der Waals surface area (Å²) in [6.45, 7) is 2.12. The Kier molecular flexibility index (Phi) is 2.55. The molecular weight excluding hydrogens is 190 g/mol. The molecule has 1 atom stereocenters. The van der Waals surface area contributed by atoms with Gasteiger partial charge in [-0.25, -0.2) is 0 Å². The van der Waals surface area contributed by atoms with Crippen molar-refractivity contribution in [3.05, 3.63) is 58.0 Å². The molecule has 2 N–H and O–H groups in total. The molecule has 0 radical (unpaired) electrons. The van der Waals surface area contributed by atoms with E-state index in [1.807, 2.05) is 29.6 Å². The minimum atomic E-state index is 0.253. The Balaban J connectivity index is 2.34. The Hall–Kier alpha value is -1.28. The zero-order valence-electron chi connectivity index (χ0n) is 8.10. The molecule has 14 heavy (non-hydrogen) atoms. The fraction of sp³-hybridized carbons (Fsp3) is 0.167. The Morgan fingerprint density at radius 1 is 1.21 bits per heavy atom. The van der Waals surface area contributed by atoms with Crippen LogP contribution < -0.4 is 5.73 Å². The van der Waals surface area contributed by atoms with Crippen LogP contribution in [-0.2, 0) is 0 Å². The van der Waals surface area contributed by atoms with Gasteiger partial charge in [-0.3, -0.25) is 0 Å². The minimum Gasteiger partial charge on any atom is -0.401 e.